The first-order valence-electron chi connectivity index (χ1n) is 9.69. The molecule has 0 aliphatic carbocycles. The van der Waals surface area contributed by atoms with Gasteiger partial charge in [0.1, 0.15) is 5.58 Å². The van der Waals surface area contributed by atoms with Gasteiger partial charge < -0.3 is 19.0 Å². The average Bonchev–Trinajstić information content (AvgIpc) is 3.12. The van der Waals surface area contributed by atoms with E-state index in [1.54, 1.807) is 31.3 Å². The molecule has 1 spiro atoms. The van der Waals surface area contributed by atoms with Gasteiger partial charge in [0.15, 0.2) is 11.0 Å². The third-order valence-electron chi connectivity index (χ3n) is 6.04. The van der Waals surface area contributed by atoms with Gasteiger partial charge >= 0.3 is 0 Å². The number of likely N-dealkylation sites (N-methyl/N-ethyl adjacent to an activating group) is 1. The molecule has 2 aliphatic rings. The molecule has 30 heavy (non-hydrogen) atoms. The van der Waals surface area contributed by atoms with Crippen molar-refractivity contribution in [2.45, 2.75) is 12.5 Å². The van der Waals surface area contributed by atoms with Crippen LogP contribution in [-0.4, -0.2) is 44.0 Å². The Balaban J connectivity index is 1.93. The van der Waals surface area contributed by atoms with Crippen LogP contribution in [0.2, 0.25) is 0 Å². The minimum atomic E-state index is -1.56. The van der Waals surface area contributed by atoms with Crippen LogP contribution in [0.3, 0.4) is 0 Å². The lowest BCUT2D eigenvalue weighted by Gasteiger charge is -2.33. The molecule has 2 aliphatic heterocycles. The summed E-state index contributed by atoms with van der Waals surface area (Å²) in [6.07, 6.45) is 0. The lowest BCUT2D eigenvalue weighted by atomic mass is 9.84. The van der Waals surface area contributed by atoms with E-state index in [1.807, 2.05) is 25.1 Å². The minimum Gasteiger partial charge on any atom is -0.450 e. The van der Waals surface area contributed by atoms with Gasteiger partial charge in [0.05, 0.1) is 17.6 Å². The Morgan fingerprint density at radius 3 is 2.63 bits per heavy atom. The molecule has 152 valence electrons. The summed E-state index contributed by atoms with van der Waals surface area (Å²) in [6, 6.07) is 12.5. The van der Waals surface area contributed by atoms with Crippen molar-refractivity contribution < 1.29 is 18.7 Å². The molecule has 0 radical (unpaired) electrons. The second kappa shape index (κ2) is 6.27. The monoisotopic (exact) mass is 404 g/mol. The number of rotatable bonds is 3. The molecule has 1 aromatic heterocycles. The lowest BCUT2D eigenvalue weighted by molar-refractivity contribution is -0.126. The number of carbonyl (C=O) groups excluding carboxylic acids is 2. The SMILES string of the molecule is COCCN1C(=O)c2oc3ccc(C)cc3c(=O)c2C12C(=O)N(C)c1ccccc12. The number of nitrogens with zero attached hydrogens (tertiary/aromatic N) is 2. The predicted molar refractivity (Wildman–Crippen MR) is 111 cm³/mol. The number of hydrogen-bond acceptors (Lipinski definition) is 5. The van der Waals surface area contributed by atoms with Crippen molar-refractivity contribution in [2.75, 3.05) is 32.2 Å². The Kier molecular flexibility index (Phi) is 3.88. The maximum Gasteiger partial charge on any atom is 0.291 e. The highest BCUT2D eigenvalue weighted by Gasteiger charge is 2.64. The van der Waals surface area contributed by atoms with E-state index >= 15 is 0 Å². The second-order valence-electron chi connectivity index (χ2n) is 7.68. The number of ether oxygens (including phenoxy) is 1. The Bertz CT molecular complexity index is 1290. The van der Waals surface area contributed by atoms with Crippen molar-refractivity contribution in [2.24, 2.45) is 0 Å². The number of para-hydroxylation sites is 1. The van der Waals surface area contributed by atoms with Gasteiger partial charge in [0.25, 0.3) is 11.8 Å². The summed E-state index contributed by atoms with van der Waals surface area (Å²) in [6.45, 7) is 2.23. The van der Waals surface area contributed by atoms with Crippen LogP contribution in [-0.2, 0) is 15.1 Å². The van der Waals surface area contributed by atoms with Crippen molar-refractivity contribution in [1.82, 2.24) is 4.90 Å². The molecule has 0 saturated carbocycles. The molecule has 0 bridgehead atoms. The standard InChI is InChI=1S/C23H20N2O5/c1-13-8-9-17-14(12-13)19(26)18-20(30-17)21(27)25(10-11-29-3)23(18)15-6-4-5-7-16(15)24(2)22(23)28/h4-9,12H,10-11H2,1-3H3. The fourth-order valence-corrected chi connectivity index (χ4v) is 4.69. The van der Waals surface area contributed by atoms with Crippen molar-refractivity contribution >= 4 is 28.5 Å². The molecule has 7 nitrogen and oxygen atoms in total. The van der Waals surface area contributed by atoms with Gasteiger partial charge in [-0.15, -0.1) is 0 Å². The van der Waals surface area contributed by atoms with Crippen LogP contribution in [0.15, 0.2) is 51.7 Å². The highest BCUT2D eigenvalue weighted by atomic mass is 16.5. The van der Waals surface area contributed by atoms with E-state index in [0.29, 0.717) is 22.2 Å². The summed E-state index contributed by atoms with van der Waals surface area (Å²) in [5, 5.41) is 0.356. The molecule has 2 amide bonds. The van der Waals surface area contributed by atoms with Crippen molar-refractivity contribution in [1.29, 1.82) is 0 Å². The normalized spacial score (nSPS) is 19.8. The van der Waals surface area contributed by atoms with Crippen molar-refractivity contribution in [3.63, 3.8) is 0 Å². The molecule has 5 rings (SSSR count). The number of benzene rings is 2. The summed E-state index contributed by atoms with van der Waals surface area (Å²) in [7, 11) is 3.18. The van der Waals surface area contributed by atoms with Gasteiger partial charge in [-0.1, -0.05) is 29.8 Å². The maximum atomic E-state index is 13.7. The molecular weight excluding hydrogens is 384 g/mol. The van der Waals surface area contributed by atoms with E-state index < -0.39 is 11.4 Å². The highest BCUT2D eigenvalue weighted by Crippen LogP contribution is 2.51. The van der Waals surface area contributed by atoms with E-state index in [0.717, 1.165) is 5.56 Å². The zero-order valence-corrected chi connectivity index (χ0v) is 16.9. The van der Waals surface area contributed by atoms with Gasteiger partial charge in [-0.2, -0.15) is 0 Å². The van der Waals surface area contributed by atoms with Crippen LogP contribution in [0, 0.1) is 6.92 Å². The van der Waals surface area contributed by atoms with Gasteiger partial charge in [-0.3, -0.25) is 14.4 Å². The summed E-state index contributed by atoms with van der Waals surface area (Å²) in [4.78, 5) is 43.8. The minimum absolute atomic E-state index is 0.0779. The molecule has 0 fully saturated rings. The van der Waals surface area contributed by atoms with Crippen LogP contribution >= 0.6 is 0 Å². The molecule has 0 N–H and O–H groups in total. The highest BCUT2D eigenvalue weighted by molar-refractivity contribution is 6.16. The molecule has 1 atom stereocenters. The third kappa shape index (κ3) is 2.10. The number of methoxy groups -OCH3 is 1. The van der Waals surface area contributed by atoms with Crippen LogP contribution in [0.25, 0.3) is 11.0 Å². The van der Waals surface area contributed by atoms with Crippen molar-refractivity contribution in [3.05, 3.63) is 75.1 Å². The van der Waals surface area contributed by atoms with Gasteiger partial charge in [-0.05, 0) is 25.1 Å². The van der Waals surface area contributed by atoms with Gasteiger partial charge in [0.2, 0.25) is 5.76 Å². The smallest absolute Gasteiger partial charge is 0.291 e. The summed E-state index contributed by atoms with van der Waals surface area (Å²) in [5.41, 5.74) is 0.641. The molecule has 3 heterocycles. The molecule has 3 aromatic rings. The topological polar surface area (TPSA) is 80.1 Å². The van der Waals surface area contributed by atoms with Gasteiger partial charge in [-0.25, -0.2) is 0 Å². The zero-order chi connectivity index (χ0) is 21.2. The Labute approximate surface area is 172 Å². The third-order valence-corrected chi connectivity index (χ3v) is 6.04. The fraction of sp³-hybridized carbons (Fsp3) is 0.261. The zero-order valence-electron chi connectivity index (χ0n) is 16.9. The van der Waals surface area contributed by atoms with E-state index in [4.69, 9.17) is 9.15 Å². The number of anilines is 1. The predicted octanol–water partition coefficient (Wildman–Crippen LogP) is 2.42. The first-order valence-corrected chi connectivity index (χ1v) is 9.69. The van der Waals surface area contributed by atoms with E-state index in [-0.39, 0.29) is 35.8 Å². The summed E-state index contributed by atoms with van der Waals surface area (Å²) < 4.78 is 11.1. The number of hydrogen-bond donors (Lipinski definition) is 0. The molecule has 2 aromatic carbocycles. The van der Waals surface area contributed by atoms with E-state index in [2.05, 4.69) is 0 Å². The van der Waals surface area contributed by atoms with Crippen LogP contribution in [0.4, 0.5) is 5.69 Å². The number of amides is 2. The molecular formula is C23H20N2O5. The van der Waals surface area contributed by atoms with Crippen LogP contribution in [0.5, 0.6) is 0 Å². The van der Waals surface area contributed by atoms with Crippen molar-refractivity contribution in [3.8, 4) is 0 Å². The average molecular weight is 404 g/mol. The molecule has 7 heteroatoms. The Hall–Kier alpha value is -3.45. The number of fused-ring (bicyclic) bond motifs is 5. The van der Waals surface area contributed by atoms with Gasteiger partial charge in [0, 0.05) is 32.0 Å². The number of carbonyl (C=O) groups is 2. The maximum absolute atomic E-state index is 13.7. The summed E-state index contributed by atoms with van der Waals surface area (Å²) in [5.74, 6) is -0.919. The fourth-order valence-electron chi connectivity index (χ4n) is 4.69. The van der Waals surface area contributed by atoms with Crippen LogP contribution in [0.1, 0.15) is 27.2 Å². The lowest BCUT2D eigenvalue weighted by Crippen LogP contribution is -2.53. The first kappa shape index (κ1) is 18.6. The quantitative estimate of drug-likeness (QED) is 0.670. The Morgan fingerprint density at radius 1 is 1.10 bits per heavy atom. The Morgan fingerprint density at radius 2 is 1.87 bits per heavy atom. The molecule has 1 unspecified atom stereocenters. The second-order valence-corrected chi connectivity index (χ2v) is 7.68. The first-order chi connectivity index (χ1) is 14.4. The number of aryl methyl sites for hydroxylation is 1. The largest absolute Gasteiger partial charge is 0.450 e. The summed E-state index contributed by atoms with van der Waals surface area (Å²) >= 11 is 0. The van der Waals surface area contributed by atoms with E-state index in [1.165, 1.54) is 16.9 Å². The van der Waals surface area contributed by atoms with E-state index in [9.17, 15) is 14.4 Å². The molecule has 0 saturated heterocycles. The van der Waals surface area contributed by atoms with Crippen LogP contribution < -0.4 is 10.3 Å².